The van der Waals surface area contributed by atoms with E-state index in [0.717, 1.165) is 23.3 Å². The first-order valence-corrected chi connectivity index (χ1v) is 9.03. The van der Waals surface area contributed by atoms with Gasteiger partial charge in [0.2, 0.25) is 5.91 Å². The van der Waals surface area contributed by atoms with Crippen LogP contribution in [0.25, 0.3) is 0 Å². The van der Waals surface area contributed by atoms with Crippen LogP contribution in [0, 0.1) is 25.1 Å². The Bertz CT molecular complexity index is 790. The first-order valence-electron chi connectivity index (χ1n) is 8.65. The number of halogens is 2. The largest absolute Gasteiger partial charge is 0.493 e. The molecule has 2 rings (SSSR count). The van der Waals surface area contributed by atoms with Crippen LogP contribution < -0.4 is 10.1 Å². The van der Waals surface area contributed by atoms with Gasteiger partial charge in [0.15, 0.2) is 0 Å². The molecule has 0 spiro atoms. The maximum Gasteiger partial charge on any atom is 0.230 e. The van der Waals surface area contributed by atoms with E-state index in [-0.39, 0.29) is 10.9 Å². The van der Waals surface area contributed by atoms with Crippen LogP contribution in [-0.2, 0) is 4.79 Å². The van der Waals surface area contributed by atoms with Gasteiger partial charge in [-0.05, 0) is 62.1 Å². The molecule has 0 radical (unpaired) electrons. The van der Waals surface area contributed by atoms with Crippen molar-refractivity contribution in [3.8, 4) is 5.75 Å². The van der Waals surface area contributed by atoms with Crippen molar-refractivity contribution in [3.63, 3.8) is 0 Å². The Labute approximate surface area is 159 Å². The fourth-order valence-electron chi connectivity index (χ4n) is 2.55. The fourth-order valence-corrected chi connectivity index (χ4v) is 2.73. The highest BCUT2D eigenvalue weighted by Gasteiger charge is 2.27. The van der Waals surface area contributed by atoms with Crippen LogP contribution in [-0.4, -0.2) is 12.5 Å². The van der Waals surface area contributed by atoms with Crippen molar-refractivity contribution in [2.24, 2.45) is 5.41 Å². The molecule has 2 aromatic carbocycles. The average molecular weight is 378 g/mol. The molecule has 0 unspecified atom stereocenters. The molecule has 0 saturated carbocycles. The zero-order valence-electron chi connectivity index (χ0n) is 15.7. The standard InChI is InChI=1S/C21H25ClFNO2/c1-14-6-7-15(2)19(12-14)26-11-5-10-21(3,4)20(25)24-16-8-9-18(23)17(22)13-16/h6-9,12-13H,5,10-11H2,1-4H3,(H,24,25). The Morgan fingerprint density at radius 2 is 1.92 bits per heavy atom. The first-order chi connectivity index (χ1) is 12.2. The van der Waals surface area contributed by atoms with E-state index >= 15 is 0 Å². The van der Waals surface area contributed by atoms with E-state index in [4.69, 9.17) is 16.3 Å². The molecule has 5 heteroatoms. The predicted molar refractivity (Wildman–Crippen MR) is 104 cm³/mol. The molecule has 0 aliphatic heterocycles. The summed E-state index contributed by atoms with van der Waals surface area (Å²) in [6.45, 7) is 8.35. The fraction of sp³-hybridized carbons (Fsp3) is 0.381. The van der Waals surface area contributed by atoms with E-state index in [1.165, 1.54) is 18.2 Å². The van der Waals surface area contributed by atoms with Crippen LogP contribution in [0.15, 0.2) is 36.4 Å². The highest BCUT2D eigenvalue weighted by molar-refractivity contribution is 6.31. The maximum absolute atomic E-state index is 13.2. The van der Waals surface area contributed by atoms with Crippen molar-refractivity contribution >= 4 is 23.2 Å². The lowest BCUT2D eigenvalue weighted by molar-refractivity contribution is -0.124. The van der Waals surface area contributed by atoms with Crippen LogP contribution in [0.5, 0.6) is 5.75 Å². The maximum atomic E-state index is 13.2. The van der Waals surface area contributed by atoms with E-state index in [0.29, 0.717) is 18.7 Å². The second-order valence-electron chi connectivity index (χ2n) is 7.19. The van der Waals surface area contributed by atoms with Gasteiger partial charge < -0.3 is 10.1 Å². The van der Waals surface area contributed by atoms with Crippen LogP contribution >= 0.6 is 11.6 Å². The molecule has 0 bridgehead atoms. The summed E-state index contributed by atoms with van der Waals surface area (Å²) < 4.78 is 19.1. The van der Waals surface area contributed by atoms with Gasteiger partial charge in [0.25, 0.3) is 0 Å². The summed E-state index contributed by atoms with van der Waals surface area (Å²) in [7, 11) is 0. The lowest BCUT2D eigenvalue weighted by atomic mass is 9.87. The lowest BCUT2D eigenvalue weighted by Crippen LogP contribution is -2.31. The topological polar surface area (TPSA) is 38.3 Å². The predicted octanol–water partition coefficient (Wildman–Crippen LogP) is 5.92. The molecular formula is C21H25ClFNO2. The van der Waals surface area contributed by atoms with E-state index in [9.17, 15) is 9.18 Å². The highest BCUT2D eigenvalue weighted by Crippen LogP contribution is 2.27. The number of ether oxygens (including phenoxy) is 1. The quantitative estimate of drug-likeness (QED) is 0.608. The molecule has 0 atom stereocenters. The van der Waals surface area contributed by atoms with Gasteiger partial charge in [0, 0.05) is 11.1 Å². The van der Waals surface area contributed by atoms with E-state index < -0.39 is 11.2 Å². The minimum absolute atomic E-state index is 0.0115. The Kier molecular flexibility index (Phi) is 6.65. The van der Waals surface area contributed by atoms with Gasteiger partial charge in [-0.3, -0.25) is 4.79 Å². The van der Waals surface area contributed by atoms with Gasteiger partial charge in [0.1, 0.15) is 11.6 Å². The second-order valence-corrected chi connectivity index (χ2v) is 7.60. The second kappa shape index (κ2) is 8.54. The van der Waals surface area contributed by atoms with Crippen LogP contribution in [0.3, 0.4) is 0 Å². The summed E-state index contributed by atoms with van der Waals surface area (Å²) in [5.41, 5.74) is 2.16. The number of carbonyl (C=O) groups excluding carboxylic acids is 1. The zero-order chi connectivity index (χ0) is 19.3. The summed E-state index contributed by atoms with van der Waals surface area (Å²) >= 11 is 5.75. The number of hydrogen-bond acceptors (Lipinski definition) is 2. The van der Waals surface area contributed by atoms with Crippen molar-refractivity contribution in [2.45, 2.75) is 40.5 Å². The molecule has 1 amide bonds. The lowest BCUT2D eigenvalue weighted by Gasteiger charge is -2.23. The first kappa shape index (κ1) is 20.2. The van der Waals surface area contributed by atoms with E-state index in [2.05, 4.69) is 11.4 Å². The van der Waals surface area contributed by atoms with Gasteiger partial charge in [-0.25, -0.2) is 4.39 Å². The van der Waals surface area contributed by atoms with Crippen LogP contribution in [0.4, 0.5) is 10.1 Å². The molecule has 0 heterocycles. The molecule has 0 saturated heterocycles. The minimum atomic E-state index is -0.578. The number of hydrogen-bond donors (Lipinski definition) is 1. The molecule has 0 fully saturated rings. The summed E-state index contributed by atoms with van der Waals surface area (Å²) in [6.07, 6.45) is 1.41. The van der Waals surface area contributed by atoms with Crippen LogP contribution in [0.2, 0.25) is 5.02 Å². The molecule has 140 valence electrons. The van der Waals surface area contributed by atoms with Gasteiger partial charge in [-0.2, -0.15) is 0 Å². The smallest absolute Gasteiger partial charge is 0.230 e. The number of carbonyl (C=O) groups is 1. The van der Waals surface area contributed by atoms with Crippen molar-refractivity contribution < 1.29 is 13.9 Å². The average Bonchev–Trinajstić information content (AvgIpc) is 2.58. The number of amides is 1. The van der Waals surface area contributed by atoms with Gasteiger partial charge in [0.05, 0.1) is 11.6 Å². The van der Waals surface area contributed by atoms with Gasteiger partial charge in [-0.1, -0.05) is 37.6 Å². The minimum Gasteiger partial charge on any atom is -0.493 e. The normalized spacial score (nSPS) is 11.3. The third-order valence-electron chi connectivity index (χ3n) is 4.34. The SMILES string of the molecule is Cc1ccc(C)c(OCCCC(C)(C)C(=O)Nc2ccc(F)c(Cl)c2)c1. The Morgan fingerprint density at radius 1 is 1.19 bits per heavy atom. The summed E-state index contributed by atoms with van der Waals surface area (Å²) in [5, 5.41) is 2.78. The Hall–Kier alpha value is -2.07. The summed E-state index contributed by atoms with van der Waals surface area (Å²) in [4.78, 5) is 12.5. The van der Waals surface area contributed by atoms with Crippen LogP contribution in [0.1, 0.15) is 37.8 Å². The Balaban J connectivity index is 1.86. The highest BCUT2D eigenvalue weighted by atomic mass is 35.5. The summed E-state index contributed by atoms with van der Waals surface area (Å²) in [6, 6.07) is 10.3. The number of aryl methyl sites for hydroxylation is 2. The number of anilines is 1. The third-order valence-corrected chi connectivity index (χ3v) is 4.63. The van der Waals surface area contributed by atoms with Crippen molar-refractivity contribution in [1.82, 2.24) is 0 Å². The third kappa shape index (κ3) is 5.46. The van der Waals surface area contributed by atoms with Gasteiger partial charge >= 0.3 is 0 Å². The number of benzene rings is 2. The zero-order valence-corrected chi connectivity index (χ0v) is 16.4. The van der Waals surface area contributed by atoms with Crippen molar-refractivity contribution in [2.75, 3.05) is 11.9 Å². The monoisotopic (exact) mass is 377 g/mol. The molecule has 26 heavy (non-hydrogen) atoms. The number of nitrogens with one attached hydrogen (secondary N) is 1. The molecule has 2 aromatic rings. The molecule has 3 nitrogen and oxygen atoms in total. The molecule has 0 aliphatic carbocycles. The van der Waals surface area contributed by atoms with Gasteiger partial charge in [-0.15, -0.1) is 0 Å². The molecule has 0 aromatic heterocycles. The number of rotatable bonds is 7. The Morgan fingerprint density at radius 3 is 2.62 bits per heavy atom. The molecule has 1 N–H and O–H groups in total. The van der Waals surface area contributed by atoms with E-state index in [1.807, 2.05) is 39.8 Å². The van der Waals surface area contributed by atoms with Crippen molar-refractivity contribution in [3.05, 3.63) is 58.4 Å². The summed E-state index contributed by atoms with van der Waals surface area (Å²) in [5.74, 6) is 0.243. The van der Waals surface area contributed by atoms with Crippen molar-refractivity contribution in [1.29, 1.82) is 0 Å². The van der Waals surface area contributed by atoms with E-state index in [1.54, 1.807) is 0 Å². The molecule has 0 aliphatic rings. The molecular weight excluding hydrogens is 353 g/mol.